The number of rotatable bonds is 3. The highest BCUT2D eigenvalue weighted by atomic mass is 79.9. The summed E-state index contributed by atoms with van der Waals surface area (Å²) >= 11 is 3.52. The molecule has 2 N–H and O–H groups in total. The number of ether oxygens (including phenoxy) is 1. The Morgan fingerprint density at radius 1 is 1.15 bits per heavy atom. The summed E-state index contributed by atoms with van der Waals surface area (Å²) in [6, 6.07) is 13.5. The van der Waals surface area contributed by atoms with Gasteiger partial charge in [-0.2, -0.15) is 0 Å². The molecule has 1 aliphatic carbocycles. The van der Waals surface area contributed by atoms with Crippen LogP contribution in [0.15, 0.2) is 46.9 Å². The minimum Gasteiger partial charge on any atom is -0.456 e. The number of halogens is 1. The quantitative estimate of drug-likeness (QED) is 0.692. The summed E-state index contributed by atoms with van der Waals surface area (Å²) < 4.78 is 6.77. The van der Waals surface area contributed by atoms with E-state index < -0.39 is 5.60 Å². The topological polar surface area (TPSA) is 41.5 Å². The van der Waals surface area contributed by atoms with Crippen molar-refractivity contribution in [3.63, 3.8) is 0 Å². The summed E-state index contributed by atoms with van der Waals surface area (Å²) in [6.45, 7) is 5.87. The average Bonchev–Trinajstić information content (AvgIpc) is 2.54. The summed E-state index contributed by atoms with van der Waals surface area (Å²) in [7, 11) is 0. The van der Waals surface area contributed by atoms with Crippen molar-refractivity contribution in [1.82, 2.24) is 5.32 Å². The van der Waals surface area contributed by atoms with Gasteiger partial charge in [-0.25, -0.2) is 0 Å². The van der Waals surface area contributed by atoms with E-state index in [9.17, 15) is 5.11 Å². The molecule has 0 unspecified atom stereocenters. The summed E-state index contributed by atoms with van der Waals surface area (Å²) in [5, 5.41) is 13.5. The lowest BCUT2D eigenvalue weighted by atomic mass is 9.59. The molecule has 0 amide bonds. The molecule has 27 heavy (non-hydrogen) atoms. The second-order valence-corrected chi connectivity index (χ2v) is 9.16. The van der Waals surface area contributed by atoms with E-state index in [4.69, 9.17) is 4.74 Å². The van der Waals surface area contributed by atoms with Crippen LogP contribution in [0.1, 0.15) is 37.8 Å². The maximum absolute atomic E-state index is 10.1. The lowest BCUT2D eigenvalue weighted by molar-refractivity contribution is 0.0266. The fourth-order valence-electron chi connectivity index (χ4n) is 3.74. The molecule has 0 radical (unpaired) electrons. The maximum Gasteiger partial charge on any atom is 0.141 e. The Morgan fingerprint density at radius 3 is 2.41 bits per heavy atom. The SMILES string of the molecule is CC(C)(O)c1ccc(Oc2ccc(C#CC3CC4(CNC4)C3)cc2)c(Br)c1. The molecule has 0 aromatic heterocycles. The number of aliphatic hydroxyl groups is 1. The maximum atomic E-state index is 10.1. The number of benzene rings is 2. The van der Waals surface area contributed by atoms with Crippen LogP contribution in [-0.2, 0) is 5.60 Å². The van der Waals surface area contributed by atoms with E-state index in [-0.39, 0.29) is 0 Å². The molecule has 1 heterocycles. The summed E-state index contributed by atoms with van der Waals surface area (Å²) in [5.74, 6) is 8.74. The second kappa shape index (κ2) is 6.98. The van der Waals surface area contributed by atoms with E-state index in [0.717, 1.165) is 27.1 Å². The fourth-order valence-corrected chi connectivity index (χ4v) is 4.20. The van der Waals surface area contributed by atoms with Gasteiger partial charge in [0.2, 0.25) is 0 Å². The first-order valence-corrected chi connectivity index (χ1v) is 10.1. The van der Waals surface area contributed by atoms with Crippen LogP contribution in [0.2, 0.25) is 0 Å². The first-order chi connectivity index (χ1) is 12.8. The van der Waals surface area contributed by atoms with Gasteiger partial charge in [0, 0.05) is 24.6 Å². The predicted molar refractivity (Wildman–Crippen MR) is 111 cm³/mol. The largest absolute Gasteiger partial charge is 0.456 e. The molecule has 1 saturated carbocycles. The normalized spacial score (nSPS) is 18.2. The summed E-state index contributed by atoms with van der Waals surface area (Å²) in [5.41, 5.74) is 1.55. The van der Waals surface area contributed by atoms with E-state index in [1.165, 1.54) is 25.9 Å². The molecule has 1 spiro atoms. The highest BCUT2D eigenvalue weighted by Crippen LogP contribution is 2.47. The van der Waals surface area contributed by atoms with Crippen molar-refractivity contribution in [2.24, 2.45) is 11.3 Å². The molecule has 4 heteroatoms. The first kappa shape index (κ1) is 18.6. The monoisotopic (exact) mass is 425 g/mol. The predicted octanol–water partition coefficient (Wildman–Crippen LogP) is 4.82. The van der Waals surface area contributed by atoms with Crippen LogP contribution in [-0.4, -0.2) is 18.2 Å². The van der Waals surface area contributed by atoms with Gasteiger partial charge in [0.25, 0.3) is 0 Å². The van der Waals surface area contributed by atoms with Gasteiger partial charge in [-0.3, -0.25) is 0 Å². The molecule has 140 valence electrons. The van der Waals surface area contributed by atoms with Gasteiger partial charge >= 0.3 is 0 Å². The Balaban J connectivity index is 1.38. The summed E-state index contributed by atoms with van der Waals surface area (Å²) in [4.78, 5) is 0. The molecule has 3 nitrogen and oxygen atoms in total. The lowest BCUT2D eigenvalue weighted by Gasteiger charge is -2.53. The van der Waals surface area contributed by atoms with Crippen LogP contribution in [0, 0.1) is 23.2 Å². The van der Waals surface area contributed by atoms with Crippen molar-refractivity contribution < 1.29 is 9.84 Å². The zero-order chi connectivity index (χ0) is 19.1. The van der Waals surface area contributed by atoms with Crippen molar-refractivity contribution in [3.8, 4) is 23.3 Å². The standard InChI is InChI=1S/C23H24BrNO2/c1-22(2,26)18-7-10-21(20(24)11-18)27-19-8-5-16(6-9-19)3-4-17-12-23(13-17)14-25-15-23/h5-11,17,25-26H,12-15H2,1-2H3. The molecule has 2 aliphatic rings. The van der Waals surface area contributed by atoms with Gasteiger partial charge < -0.3 is 15.2 Å². The highest BCUT2D eigenvalue weighted by molar-refractivity contribution is 9.10. The number of hydrogen-bond acceptors (Lipinski definition) is 3. The molecule has 2 aromatic carbocycles. The van der Waals surface area contributed by atoms with E-state index in [1.54, 1.807) is 13.8 Å². The van der Waals surface area contributed by atoms with Gasteiger partial charge in [-0.15, -0.1) is 0 Å². The van der Waals surface area contributed by atoms with Gasteiger partial charge in [0.05, 0.1) is 10.1 Å². The van der Waals surface area contributed by atoms with E-state index in [1.807, 2.05) is 42.5 Å². The summed E-state index contributed by atoms with van der Waals surface area (Å²) in [6.07, 6.45) is 2.48. The third-order valence-electron chi connectivity index (χ3n) is 5.50. The highest BCUT2D eigenvalue weighted by Gasteiger charge is 2.47. The molecule has 4 rings (SSSR count). The number of nitrogens with one attached hydrogen (secondary N) is 1. The van der Waals surface area contributed by atoms with Crippen molar-refractivity contribution in [3.05, 3.63) is 58.1 Å². The fraction of sp³-hybridized carbons (Fsp3) is 0.391. The Hall–Kier alpha value is -1.80. The molecular formula is C23H24BrNO2. The van der Waals surface area contributed by atoms with Crippen LogP contribution in [0.5, 0.6) is 11.5 Å². The molecule has 2 fully saturated rings. The zero-order valence-corrected chi connectivity index (χ0v) is 17.3. The van der Waals surface area contributed by atoms with Crippen molar-refractivity contribution in [1.29, 1.82) is 0 Å². The van der Waals surface area contributed by atoms with Gasteiger partial charge in [0.15, 0.2) is 0 Å². The van der Waals surface area contributed by atoms with Crippen molar-refractivity contribution in [2.75, 3.05) is 13.1 Å². The van der Waals surface area contributed by atoms with E-state index in [0.29, 0.717) is 11.3 Å². The zero-order valence-electron chi connectivity index (χ0n) is 15.7. The Labute approximate surface area is 169 Å². The van der Waals surface area contributed by atoms with Crippen LogP contribution in [0.25, 0.3) is 0 Å². The number of hydrogen-bond donors (Lipinski definition) is 2. The minimum atomic E-state index is -0.878. The second-order valence-electron chi connectivity index (χ2n) is 8.31. The van der Waals surface area contributed by atoms with Gasteiger partial charge in [-0.1, -0.05) is 17.9 Å². The Bertz CT molecular complexity index is 891. The molecule has 1 saturated heterocycles. The van der Waals surface area contributed by atoms with Crippen LogP contribution >= 0.6 is 15.9 Å². The molecule has 0 bridgehead atoms. The third kappa shape index (κ3) is 4.06. The average molecular weight is 426 g/mol. The third-order valence-corrected chi connectivity index (χ3v) is 6.12. The van der Waals surface area contributed by atoms with Crippen molar-refractivity contribution >= 4 is 15.9 Å². The van der Waals surface area contributed by atoms with Gasteiger partial charge in [0.1, 0.15) is 11.5 Å². The molecule has 0 atom stereocenters. The van der Waals surface area contributed by atoms with E-state index >= 15 is 0 Å². The smallest absolute Gasteiger partial charge is 0.141 e. The molecular weight excluding hydrogens is 402 g/mol. The van der Waals surface area contributed by atoms with Crippen molar-refractivity contribution in [2.45, 2.75) is 32.3 Å². The molecule has 1 aliphatic heterocycles. The minimum absolute atomic E-state index is 0.549. The van der Waals surface area contributed by atoms with Gasteiger partial charge in [-0.05, 0) is 90.0 Å². The Morgan fingerprint density at radius 2 is 1.85 bits per heavy atom. The lowest BCUT2D eigenvalue weighted by Crippen LogP contribution is -2.59. The Kier molecular flexibility index (Phi) is 4.80. The van der Waals surface area contributed by atoms with Crippen LogP contribution in [0.3, 0.4) is 0 Å². The first-order valence-electron chi connectivity index (χ1n) is 9.36. The van der Waals surface area contributed by atoms with E-state index in [2.05, 4.69) is 33.1 Å². The van der Waals surface area contributed by atoms with Crippen LogP contribution < -0.4 is 10.1 Å². The molecule has 2 aromatic rings. The van der Waals surface area contributed by atoms with Crippen LogP contribution in [0.4, 0.5) is 0 Å².